The van der Waals surface area contributed by atoms with Crippen LogP contribution in [0.25, 0.3) is 0 Å². The molecule has 4 nitrogen and oxygen atoms in total. The van der Waals surface area contributed by atoms with Crippen LogP contribution in [0.2, 0.25) is 0 Å². The number of alkyl halides is 1. The van der Waals surface area contributed by atoms with Gasteiger partial charge in [0.1, 0.15) is 0 Å². The maximum atomic E-state index is 13.1. The molecule has 1 aromatic rings. The molecule has 2 N–H and O–H groups in total. The first-order chi connectivity index (χ1) is 11.2. The zero-order chi connectivity index (χ0) is 18.0. The molecule has 0 spiro atoms. The van der Waals surface area contributed by atoms with E-state index in [1.54, 1.807) is 0 Å². The Hall–Kier alpha value is -1.26. The monoisotopic (exact) mass is 352 g/mol. The zero-order valence-electron chi connectivity index (χ0n) is 15.1. The quantitative estimate of drug-likeness (QED) is 0.790. The number of hydrogen-bond acceptors (Lipinski definition) is 3. The maximum absolute atomic E-state index is 13.1. The third-order valence-corrected chi connectivity index (χ3v) is 5.20. The van der Waals surface area contributed by atoms with Crippen LogP contribution in [0.5, 0.6) is 0 Å². The summed E-state index contributed by atoms with van der Waals surface area (Å²) in [5.41, 5.74) is 1.29. The Kier molecular flexibility index (Phi) is 5.82. The summed E-state index contributed by atoms with van der Waals surface area (Å²) in [6.07, 6.45) is 2.62. The molecular weight excluding hydrogens is 324 g/mol. The predicted molar refractivity (Wildman–Crippen MR) is 99.8 cm³/mol. The molecule has 1 fully saturated rings. The van der Waals surface area contributed by atoms with Crippen LogP contribution in [0.4, 0.5) is 5.69 Å². The topological polar surface area (TPSA) is 52.6 Å². The van der Waals surface area contributed by atoms with Crippen molar-refractivity contribution in [1.82, 2.24) is 4.90 Å². The fourth-order valence-electron chi connectivity index (χ4n) is 3.70. The smallest absolute Gasteiger partial charge is 0.254 e. The molecular formula is C19H29ClN2O2. The number of benzene rings is 1. The van der Waals surface area contributed by atoms with Gasteiger partial charge in [0.25, 0.3) is 5.91 Å². The number of aliphatic hydroxyl groups is 1. The Morgan fingerprint density at radius 1 is 1.21 bits per heavy atom. The molecule has 0 aliphatic carbocycles. The van der Waals surface area contributed by atoms with Gasteiger partial charge in [0.05, 0.1) is 12.0 Å². The van der Waals surface area contributed by atoms with Crippen molar-refractivity contribution in [3.63, 3.8) is 0 Å². The van der Waals surface area contributed by atoms with E-state index in [9.17, 15) is 9.90 Å². The molecule has 1 aliphatic heterocycles. The van der Waals surface area contributed by atoms with E-state index in [2.05, 4.69) is 33.0 Å². The standard InChI is InChI=1S/C19H29ClN2O2/c1-18(2)10-5-11-19(3,4)22(18)17(24)14-6-8-15(9-7-14)21-13-16(23)12-20/h6-9,16,21,23H,5,10-13H2,1-4H3. The van der Waals surface area contributed by atoms with E-state index in [-0.39, 0.29) is 22.9 Å². The average Bonchev–Trinajstić information content (AvgIpc) is 2.51. The van der Waals surface area contributed by atoms with Crippen LogP contribution in [0.3, 0.4) is 0 Å². The van der Waals surface area contributed by atoms with E-state index < -0.39 is 6.10 Å². The minimum absolute atomic E-state index is 0.0806. The van der Waals surface area contributed by atoms with E-state index in [0.717, 1.165) is 24.9 Å². The molecule has 24 heavy (non-hydrogen) atoms. The second kappa shape index (κ2) is 7.32. The third-order valence-electron chi connectivity index (χ3n) is 4.84. The van der Waals surface area contributed by atoms with Crippen molar-refractivity contribution < 1.29 is 9.90 Å². The lowest BCUT2D eigenvalue weighted by Crippen LogP contribution is -2.60. The summed E-state index contributed by atoms with van der Waals surface area (Å²) < 4.78 is 0. The highest BCUT2D eigenvalue weighted by Crippen LogP contribution is 2.39. The van der Waals surface area contributed by atoms with Gasteiger partial charge >= 0.3 is 0 Å². The van der Waals surface area contributed by atoms with Crippen molar-refractivity contribution in [3.8, 4) is 0 Å². The van der Waals surface area contributed by atoms with Gasteiger partial charge in [-0.05, 0) is 71.2 Å². The number of aliphatic hydroxyl groups excluding tert-OH is 1. The molecule has 5 heteroatoms. The first-order valence-electron chi connectivity index (χ1n) is 8.60. The number of piperidine rings is 1. The highest BCUT2D eigenvalue weighted by atomic mass is 35.5. The van der Waals surface area contributed by atoms with Crippen LogP contribution in [0.1, 0.15) is 57.3 Å². The average molecular weight is 353 g/mol. The van der Waals surface area contributed by atoms with Crippen LogP contribution >= 0.6 is 11.6 Å². The number of carbonyl (C=O) groups is 1. The van der Waals surface area contributed by atoms with E-state index in [0.29, 0.717) is 12.1 Å². The van der Waals surface area contributed by atoms with Crippen molar-refractivity contribution in [1.29, 1.82) is 0 Å². The predicted octanol–water partition coefficient (Wildman–Crippen LogP) is 3.88. The van der Waals surface area contributed by atoms with E-state index in [4.69, 9.17) is 11.6 Å². The molecule has 0 radical (unpaired) electrons. The summed E-state index contributed by atoms with van der Waals surface area (Å²) in [5, 5.41) is 12.6. The lowest BCUT2D eigenvalue weighted by atomic mass is 9.79. The van der Waals surface area contributed by atoms with E-state index in [1.165, 1.54) is 0 Å². The summed E-state index contributed by atoms with van der Waals surface area (Å²) >= 11 is 5.58. The van der Waals surface area contributed by atoms with Gasteiger partial charge in [-0.2, -0.15) is 0 Å². The van der Waals surface area contributed by atoms with Gasteiger partial charge in [-0.1, -0.05) is 0 Å². The van der Waals surface area contributed by atoms with Crippen LogP contribution in [0.15, 0.2) is 24.3 Å². The van der Waals surface area contributed by atoms with Crippen molar-refractivity contribution in [3.05, 3.63) is 29.8 Å². The minimum Gasteiger partial charge on any atom is -0.390 e. The zero-order valence-corrected chi connectivity index (χ0v) is 15.9. The lowest BCUT2D eigenvalue weighted by molar-refractivity contribution is -0.0111. The van der Waals surface area contributed by atoms with Gasteiger partial charge < -0.3 is 15.3 Å². The molecule has 0 saturated carbocycles. The molecule has 1 amide bonds. The largest absolute Gasteiger partial charge is 0.390 e. The molecule has 1 aliphatic rings. The first-order valence-corrected chi connectivity index (χ1v) is 9.13. The Morgan fingerprint density at radius 2 is 1.75 bits per heavy atom. The van der Waals surface area contributed by atoms with E-state index in [1.807, 2.05) is 29.2 Å². The van der Waals surface area contributed by atoms with Crippen LogP contribution in [-0.2, 0) is 0 Å². The maximum Gasteiger partial charge on any atom is 0.254 e. The molecule has 0 aromatic heterocycles. The number of carbonyl (C=O) groups excluding carboxylic acids is 1. The number of anilines is 1. The molecule has 1 unspecified atom stereocenters. The molecule has 0 bridgehead atoms. The van der Waals surface area contributed by atoms with Crippen LogP contribution in [-0.4, -0.2) is 45.5 Å². The minimum atomic E-state index is -0.581. The molecule has 2 rings (SSSR count). The number of rotatable bonds is 5. The number of amides is 1. The van der Waals surface area contributed by atoms with Gasteiger partial charge in [0.15, 0.2) is 0 Å². The highest BCUT2D eigenvalue weighted by Gasteiger charge is 2.44. The number of halogens is 1. The Bertz CT molecular complexity index is 553. The fourth-order valence-corrected chi connectivity index (χ4v) is 3.81. The molecule has 134 valence electrons. The molecule has 1 aromatic carbocycles. The number of likely N-dealkylation sites (tertiary alicyclic amines) is 1. The van der Waals surface area contributed by atoms with Crippen molar-refractivity contribution >= 4 is 23.2 Å². The van der Waals surface area contributed by atoms with E-state index >= 15 is 0 Å². The summed E-state index contributed by atoms with van der Waals surface area (Å²) in [6.45, 7) is 8.98. The van der Waals surface area contributed by atoms with Crippen molar-refractivity contribution in [2.75, 3.05) is 17.7 Å². The third kappa shape index (κ3) is 4.22. The fraction of sp³-hybridized carbons (Fsp3) is 0.632. The normalized spacial score (nSPS) is 20.5. The summed E-state index contributed by atoms with van der Waals surface area (Å²) in [6, 6.07) is 7.44. The van der Waals surface area contributed by atoms with Gasteiger partial charge in [0.2, 0.25) is 0 Å². The Balaban J connectivity index is 2.14. The highest BCUT2D eigenvalue weighted by molar-refractivity contribution is 6.18. The van der Waals surface area contributed by atoms with Gasteiger partial charge in [-0.3, -0.25) is 4.79 Å². The SMILES string of the molecule is CC1(C)CCCC(C)(C)N1C(=O)c1ccc(NCC(O)CCl)cc1. The van der Waals surface area contributed by atoms with Crippen molar-refractivity contribution in [2.45, 2.75) is 64.1 Å². The Labute approximate surface area is 150 Å². The second-order valence-corrected chi connectivity index (χ2v) is 8.19. The molecule has 1 atom stereocenters. The lowest BCUT2D eigenvalue weighted by Gasteiger charge is -2.53. The van der Waals surface area contributed by atoms with Gasteiger partial charge in [0, 0.05) is 28.9 Å². The Morgan fingerprint density at radius 3 is 2.25 bits per heavy atom. The van der Waals surface area contributed by atoms with Crippen LogP contribution in [0, 0.1) is 0 Å². The van der Waals surface area contributed by atoms with Gasteiger partial charge in [-0.15, -0.1) is 11.6 Å². The first kappa shape index (κ1) is 19.1. The summed E-state index contributed by atoms with van der Waals surface area (Å²) in [4.78, 5) is 15.1. The number of nitrogens with zero attached hydrogens (tertiary/aromatic N) is 1. The molecule has 1 heterocycles. The summed E-state index contributed by atoms with van der Waals surface area (Å²) in [7, 11) is 0. The number of nitrogens with one attached hydrogen (secondary N) is 1. The van der Waals surface area contributed by atoms with Crippen LogP contribution < -0.4 is 5.32 Å². The second-order valence-electron chi connectivity index (χ2n) is 7.89. The van der Waals surface area contributed by atoms with Crippen molar-refractivity contribution in [2.24, 2.45) is 0 Å². The summed E-state index contributed by atoms with van der Waals surface area (Å²) in [5.74, 6) is 0.278. The molecule has 1 saturated heterocycles. The number of hydrogen-bond donors (Lipinski definition) is 2. The van der Waals surface area contributed by atoms with Gasteiger partial charge in [-0.25, -0.2) is 0 Å².